The zero-order valence-electron chi connectivity index (χ0n) is 5.81. The van der Waals surface area contributed by atoms with Crippen molar-refractivity contribution in [1.29, 1.82) is 0 Å². The van der Waals surface area contributed by atoms with Gasteiger partial charge in [-0.1, -0.05) is 0 Å². The molecule has 49 valence electrons. The molecule has 0 aromatic rings. The molecule has 1 heterocycles. The first-order chi connectivity index (χ1) is 4.33. The van der Waals surface area contributed by atoms with E-state index >= 15 is 0 Å². The van der Waals surface area contributed by atoms with Crippen LogP contribution < -0.4 is 5.32 Å². The first kappa shape index (κ1) is 6.20. The third-order valence-corrected chi connectivity index (χ3v) is 1.22. The lowest BCUT2D eigenvalue weighted by molar-refractivity contribution is 0.511. The summed E-state index contributed by atoms with van der Waals surface area (Å²) in [7, 11) is 0. The SMILES string of the molecule is CCN1C=[C]NC(C)=C1. The van der Waals surface area contributed by atoms with Gasteiger partial charge in [0.1, 0.15) is 0 Å². The van der Waals surface area contributed by atoms with Gasteiger partial charge in [-0.25, -0.2) is 0 Å². The van der Waals surface area contributed by atoms with Crippen LogP contribution in [0, 0.1) is 6.20 Å². The largest absolute Gasteiger partial charge is 0.355 e. The molecule has 2 nitrogen and oxygen atoms in total. The molecule has 0 aliphatic carbocycles. The fourth-order valence-electron chi connectivity index (χ4n) is 0.730. The molecule has 0 unspecified atom stereocenters. The van der Waals surface area contributed by atoms with E-state index in [0.29, 0.717) is 0 Å². The second kappa shape index (κ2) is 2.58. The summed E-state index contributed by atoms with van der Waals surface area (Å²) < 4.78 is 0. The van der Waals surface area contributed by atoms with E-state index in [1.165, 1.54) is 0 Å². The maximum Gasteiger partial charge on any atom is 0.0801 e. The van der Waals surface area contributed by atoms with E-state index in [9.17, 15) is 0 Å². The predicted molar refractivity (Wildman–Crippen MR) is 37.1 cm³/mol. The van der Waals surface area contributed by atoms with Crippen LogP contribution >= 0.6 is 0 Å². The monoisotopic (exact) mass is 123 g/mol. The molecule has 0 spiro atoms. The van der Waals surface area contributed by atoms with Crippen LogP contribution in [0.2, 0.25) is 0 Å². The van der Waals surface area contributed by atoms with Gasteiger partial charge < -0.3 is 10.2 Å². The summed E-state index contributed by atoms with van der Waals surface area (Å²) in [5.74, 6) is 0. The molecule has 9 heavy (non-hydrogen) atoms. The van der Waals surface area contributed by atoms with Crippen molar-refractivity contribution in [2.75, 3.05) is 6.54 Å². The van der Waals surface area contributed by atoms with Gasteiger partial charge in [0.2, 0.25) is 0 Å². The normalized spacial score (nSPS) is 17.1. The Balaban J connectivity index is 2.55. The van der Waals surface area contributed by atoms with Crippen molar-refractivity contribution < 1.29 is 0 Å². The van der Waals surface area contributed by atoms with Gasteiger partial charge in [-0.3, -0.25) is 0 Å². The Bertz CT molecular complexity index is 147. The maximum absolute atomic E-state index is 2.96. The van der Waals surface area contributed by atoms with Crippen LogP contribution in [0.15, 0.2) is 18.1 Å². The lowest BCUT2D eigenvalue weighted by atomic mass is 10.4. The van der Waals surface area contributed by atoms with Gasteiger partial charge >= 0.3 is 0 Å². The number of allylic oxidation sites excluding steroid dienone is 1. The zero-order valence-corrected chi connectivity index (χ0v) is 5.81. The standard InChI is InChI=1S/C7H11N2/c1-3-9-5-4-8-7(2)6-9/h5-6,8H,3H2,1-2H3. The van der Waals surface area contributed by atoms with Gasteiger partial charge in [-0.15, -0.1) is 0 Å². The molecule has 1 radical (unpaired) electrons. The molecule has 1 aliphatic rings. The molecular weight excluding hydrogens is 112 g/mol. The Labute approximate surface area is 55.9 Å². The van der Waals surface area contributed by atoms with Crippen LogP contribution in [0.3, 0.4) is 0 Å². The van der Waals surface area contributed by atoms with E-state index < -0.39 is 0 Å². The van der Waals surface area contributed by atoms with Crippen molar-refractivity contribution in [3.63, 3.8) is 0 Å². The number of hydrogen-bond acceptors (Lipinski definition) is 2. The molecule has 0 atom stereocenters. The molecule has 1 rings (SSSR count). The second-order valence-electron chi connectivity index (χ2n) is 2.04. The number of nitrogens with one attached hydrogen (secondary N) is 1. The van der Waals surface area contributed by atoms with Crippen molar-refractivity contribution >= 4 is 0 Å². The predicted octanol–water partition coefficient (Wildman–Crippen LogP) is 1.05. The van der Waals surface area contributed by atoms with Crippen LogP contribution in [-0.2, 0) is 0 Å². The van der Waals surface area contributed by atoms with Gasteiger partial charge in [0, 0.05) is 24.6 Å². The average molecular weight is 123 g/mol. The van der Waals surface area contributed by atoms with E-state index in [2.05, 4.69) is 29.5 Å². The molecule has 0 aromatic carbocycles. The van der Waals surface area contributed by atoms with Crippen LogP contribution in [0.5, 0.6) is 0 Å². The fourth-order valence-corrected chi connectivity index (χ4v) is 0.730. The van der Waals surface area contributed by atoms with Gasteiger partial charge in [0.05, 0.1) is 6.20 Å². The highest BCUT2D eigenvalue weighted by molar-refractivity contribution is 5.03. The third-order valence-electron chi connectivity index (χ3n) is 1.22. The summed E-state index contributed by atoms with van der Waals surface area (Å²) in [6.07, 6.45) is 6.87. The van der Waals surface area contributed by atoms with Crippen molar-refractivity contribution in [2.45, 2.75) is 13.8 Å². The number of nitrogens with zero attached hydrogens (tertiary/aromatic N) is 1. The molecule has 0 fully saturated rings. The Morgan fingerprint density at radius 2 is 2.56 bits per heavy atom. The lowest BCUT2D eigenvalue weighted by Crippen LogP contribution is -2.18. The number of rotatable bonds is 1. The molecule has 0 amide bonds. The van der Waals surface area contributed by atoms with Crippen molar-refractivity contribution in [1.82, 2.24) is 10.2 Å². The molecule has 0 aromatic heterocycles. The summed E-state index contributed by atoms with van der Waals surface area (Å²) in [6.45, 7) is 5.13. The minimum atomic E-state index is 1.01. The van der Waals surface area contributed by atoms with E-state index in [0.717, 1.165) is 12.2 Å². The second-order valence-corrected chi connectivity index (χ2v) is 2.04. The molecule has 0 saturated carbocycles. The van der Waals surface area contributed by atoms with E-state index in [4.69, 9.17) is 0 Å². The van der Waals surface area contributed by atoms with E-state index in [1.54, 1.807) is 0 Å². The lowest BCUT2D eigenvalue weighted by Gasteiger charge is -2.17. The number of hydrogen-bond donors (Lipinski definition) is 1. The Kier molecular flexibility index (Phi) is 1.78. The summed E-state index contributed by atoms with van der Waals surface area (Å²) in [5.41, 5.74) is 1.14. The highest BCUT2D eigenvalue weighted by atomic mass is 15.1. The molecule has 1 aliphatic heterocycles. The zero-order chi connectivity index (χ0) is 6.69. The third kappa shape index (κ3) is 1.49. The van der Waals surface area contributed by atoms with E-state index in [1.807, 2.05) is 13.1 Å². The fraction of sp³-hybridized carbons (Fsp3) is 0.429. The topological polar surface area (TPSA) is 15.3 Å². The molecular formula is C7H11N2. The molecule has 0 saturated heterocycles. The molecule has 1 N–H and O–H groups in total. The summed E-state index contributed by atoms with van der Waals surface area (Å²) >= 11 is 0. The van der Waals surface area contributed by atoms with Crippen molar-refractivity contribution in [3.8, 4) is 0 Å². The van der Waals surface area contributed by atoms with Gasteiger partial charge in [-0.05, 0) is 13.8 Å². The smallest absolute Gasteiger partial charge is 0.0801 e. The molecule has 0 bridgehead atoms. The van der Waals surface area contributed by atoms with E-state index in [-0.39, 0.29) is 0 Å². The van der Waals surface area contributed by atoms with Crippen LogP contribution in [0.1, 0.15) is 13.8 Å². The average Bonchev–Trinajstić information content (AvgIpc) is 1.88. The first-order valence-electron chi connectivity index (χ1n) is 3.12. The summed E-state index contributed by atoms with van der Waals surface area (Å²) in [6, 6.07) is 0. The highest BCUT2D eigenvalue weighted by Crippen LogP contribution is 1.99. The van der Waals surface area contributed by atoms with Gasteiger partial charge in [0.15, 0.2) is 0 Å². The Hall–Kier alpha value is -0.920. The minimum Gasteiger partial charge on any atom is -0.355 e. The molecule has 2 heteroatoms. The Morgan fingerprint density at radius 1 is 1.78 bits per heavy atom. The van der Waals surface area contributed by atoms with Crippen molar-refractivity contribution in [3.05, 3.63) is 24.3 Å². The maximum atomic E-state index is 2.96. The Morgan fingerprint density at radius 3 is 3.00 bits per heavy atom. The van der Waals surface area contributed by atoms with Gasteiger partial charge in [-0.2, -0.15) is 0 Å². The van der Waals surface area contributed by atoms with Crippen LogP contribution in [-0.4, -0.2) is 11.4 Å². The van der Waals surface area contributed by atoms with Crippen molar-refractivity contribution in [2.24, 2.45) is 0 Å². The first-order valence-corrected chi connectivity index (χ1v) is 3.12. The summed E-state index contributed by atoms with van der Waals surface area (Å²) in [5, 5.41) is 2.96. The van der Waals surface area contributed by atoms with Crippen LogP contribution in [0.25, 0.3) is 0 Å². The minimum absolute atomic E-state index is 1.01. The highest BCUT2D eigenvalue weighted by Gasteiger charge is 1.96. The van der Waals surface area contributed by atoms with Gasteiger partial charge in [0.25, 0.3) is 0 Å². The van der Waals surface area contributed by atoms with Crippen LogP contribution in [0.4, 0.5) is 0 Å². The summed E-state index contributed by atoms with van der Waals surface area (Å²) in [4.78, 5) is 2.08. The quantitative estimate of drug-likeness (QED) is 0.560.